The summed E-state index contributed by atoms with van der Waals surface area (Å²) < 4.78 is 41.9. The van der Waals surface area contributed by atoms with E-state index in [4.69, 9.17) is 4.98 Å². The van der Waals surface area contributed by atoms with Crippen molar-refractivity contribution in [1.82, 2.24) is 9.97 Å². The number of hydrogen-bond donors (Lipinski definition) is 2. The Kier molecular flexibility index (Phi) is 6.93. The van der Waals surface area contributed by atoms with E-state index in [0.29, 0.717) is 37.0 Å². The van der Waals surface area contributed by atoms with Gasteiger partial charge in [0.2, 0.25) is 0 Å². The number of nitrogens with one attached hydrogen (secondary N) is 1. The molecule has 9 heteroatoms. The van der Waals surface area contributed by atoms with E-state index in [0.717, 1.165) is 11.1 Å². The number of halogens is 3. The molecule has 170 valence electrons. The van der Waals surface area contributed by atoms with Crippen LogP contribution < -0.4 is 15.0 Å². The van der Waals surface area contributed by atoms with Crippen LogP contribution in [0.2, 0.25) is 0 Å². The van der Waals surface area contributed by atoms with Crippen LogP contribution in [0.15, 0.2) is 24.3 Å². The van der Waals surface area contributed by atoms with Crippen LogP contribution in [0.1, 0.15) is 50.6 Å². The van der Waals surface area contributed by atoms with Crippen molar-refractivity contribution in [1.29, 1.82) is 0 Å². The van der Waals surface area contributed by atoms with Crippen molar-refractivity contribution in [2.24, 2.45) is 5.92 Å². The van der Waals surface area contributed by atoms with Gasteiger partial charge in [-0.05, 0) is 35.6 Å². The molecule has 0 unspecified atom stereocenters. The molecule has 1 aromatic carbocycles. The summed E-state index contributed by atoms with van der Waals surface area (Å²) in [5.74, 6) is 2.08. The molecule has 3 rings (SSSR count). The minimum absolute atomic E-state index is 0.0207. The highest BCUT2D eigenvalue weighted by Gasteiger charge is 2.31. The maximum atomic E-state index is 12.6. The van der Waals surface area contributed by atoms with E-state index in [2.05, 4.69) is 15.0 Å². The number of aliphatic hydroxyl groups is 1. The average molecular weight is 438 g/mol. The Morgan fingerprint density at radius 1 is 1.13 bits per heavy atom. The van der Waals surface area contributed by atoms with E-state index in [1.54, 1.807) is 6.07 Å². The predicted molar refractivity (Wildman–Crippen MR) is 113 cm³/mol. The lowest BCUT2D eigenvalue weighted by atomic mass is 9.99. The molecule has 0 amide bonds. The molecule has 2 heterocycles. The summed E-state index contributed by atoms with van der Waals surface area (Å²) in [7, 11) is 0. The van der Waals surface area contributed by atoms with Gasteiger partial charge in [-0.25, -0.2) is 9.97 Å². The standard InChI is InChI=1S/C22H29F3N4O2/c1-13(2)18(12-30)26-19-10-20(28-21(27-19)14(3)4)29-8-7-15-5-6-17(9-16(15)11-29)31-22(23,24)25/h5-6,9-10,13-14,18,30H,7-8,11-12H2,1-4H3,(H,26,27,28)/t18-/m1/s1. The molecule has 0 spiro atoms. The fraction of sp³-hybridized carbons (Fsp3) is 0.545. The van der Waals surface area contributed by atoms with Crippen molar-refractivity contribution in [3.63, 3.8) is 0 Å². The first-order valence-corrected chi connectivity index (χ1v) is 10.4. The molecular formula is C22H29F3N4O2. The van der Waals surface area contributed by atoms with Gasteiger partial charge in [-0.1, -0.05) is 33.8 Å². The summed E-state index contributed by atoms with van der Waals surface area (Å²) in [4.78, 5) is 11.3. The quantitative estimate of drug-likeness (QED) is 0.664. The second kappa shape index (κ2) is 9.30. The van der Waals surface area contributed by atoms with Crippen LogP contribution in [0.25, 0.3) is 0 Å². The van der Waals surface area contributed by atoms with Crippen LogP contribution in [0, 0.1) is 5.92 Å². The van der Waals surface area contributed by atoms with Crippen molar-refractivity contribution in [3.05, 3.63) is 41.2 Å². The number of aliphatic hydroxyl groups excluding tert-OH is 1. The summed E-state index contributed by atoms with van der Waals surface area (Å²) in [6.45, 7) is 9.12. The molecule has 0 saturated carbocycles. The molecule has 1 aliphatic rings. The highest BCUT2D eigenvalue weighted by molar-refractivity contribution is 5.53. The molecular weight excluding hydrogens is 409 g/mol. The summed E-state index contributed by atoms with van der Waals surface area (Å²) in [5, 5.41) is 12.9. The summed E-state index contributed by atoms with van der Waals surface area (Å²) in [5.41, 5.74) is 1.78. The van der Waals surface area contributed by atoms with E-state index >= 15 is 0 Å². The average Bonchev–Trinajstić information content (AvgIpc) is 2.69. The van der Waals surface area contributed by atoms with Gasteiger partial charge in [0.15, 0.2) is 0 Å². The number of nitrogens with zero attached hydrogens (tertiary/aromatic N) is 3. The summed E-state index contributed by atoms with van der Waals surface area (Å²) >= 11 is 0. The second-order valence-electron chi connectivity index (χ2n) is 8.45. The topological polar surface area (TPSA) is 70.5 Å². The number of benzene rings is 1. The molecule has 1 aromatic heterocycles. The van der Waals surface area contributed by atoms with Gasteiger partial charge in [-0.15, -0.1) is 13.2 Å². The van der Waals surface area contributed by atoms with Gasteiger partial charge >= 0.3 is 6.36 Å². The van der Waals surface area contributed by atoms with Gasteiger partial charge < -0.3 is 20.1 Å². The molecule has 1 aliphatic heterocycles. The lowest BCUT2D eigenvalue weighted by Gasteiger charge is -2.31. The fourth-order valence-electron chi connectivity index (χ4n) is 3.49. The Labute approximate surface area is 180 Å². The van der Waals surface area contributed by atoms with Crippen LogP contribution in [0.3, 0.4) is 0 Å². The number of hydrogen-bond acceptors (Lipinski definition) is 6. The van der Waals surface area contributed by atoms with Crippen LogP contribution in [-0.4, -0.2) is 40.6 Å². The Morgan fingerprint density at radius 2 is 1.87 bits per heavy atom. The third kappa shape index (κ3) is 6.00. The van der Waals surface area contributed by atoms with Gasteiger partial charge in [-0.2, -0.15) is 0 Å². The molecule has 0 aliphatic carbocycles. The van der Waals surface area contributed by atoms with Crippen LogP contribution in [-0.2, 0) is 13.0 Å². The number of aromatic nitrogens is 2. The zero-order valence-electron chi connectivity index (χ0n) is 18.2. The molecule has 1 atom stereocenters. The maximum absolute atomic E-state index is 12.6. The molecule has 0 fully saturated rings. The largest absolute Gasteiger partial charge is 0.573 e. The van der Waals surface area contributed by atoms with Crippen molar-refractivity contribution in [2.75, 3.05) is 23.4 Å². The monoisotopic (exact) mass is 438 g/mol. The van der Waals surface area contributed by atoms with Crippen molar-refractivity contribution in [2.45, 2.75) is 59.0 Å². The number of fused-ring (bicyclic) bond motifs is 1. The summed E-state index contributed by atoms with van der Waals surface area (Å²) in [6.07, 6.45) is -4.03. The van der Waals surface area contributed by atoms with Crippen molar-refractivity contribution < 1.29 is 23.0 Å². The predicted octanol–water partition coefficient (Wildman–Crippen LogP) is 4.49. The number of ether oxygens (including phenoxy) is 1. The fourth-order valence-corrected chi connectivity index (χ4v) is 3.49. The van der Waals surface area contributed by atoms with Crippen molar-refractivity contribution in [3.8, 4) is 5.75 Å². The number of rotatable bonds is 7. The van der Waals surface area contributed by atoms with Gasteiger partial charge in [-0.3, -0.25) is 0 Å². The third-order valence-corrected chi connectivity index (χ3v) is 5.33. The Balaban J connectivity index is 1.88. The van der Waals surface area contributed by atoms with Gasteiger partial charge in [0.25, 0.3) is 0 Å². The van der Waals surface area contributed by atoms with E-state index < -0.39 is 6.36 Å². The van der Waals surface area contributed by atoms with E-state index in [1.165, 1.54) is 12.1 Å². The third-order valence-electron chi connectivity index (χ3n) is 5.33. The Hall–Kier alpha value is -2.55. The smallest absolute Gasteiger partial charge is 0.406 e. The highest BCUT2D eigenvalue weighted by Crippen LogP contribution is 2.30. The Morgan fingerprint density at radius 3 is 2.48 bits per heavy atom. The molecule has 0 radical (unpaired) electrons. The lowest BCUT2D eigenvalue weighted by Crippen LogP contribution is -2.33. The first-order chi connectivity index (χ1) is 14.6. The molecule has 6 nitrogen and oxygen atoms in total. The van der Waals surface area contributed by atoms with Crippen LogP contribution in [0.5, 0.6) is 5.75 Å². The second-order valence-corrected chi connectivity index (χ2v) is 8.45. The number of anilines is 2. The van der Waals surface area contributed by atoms with Gasteiger partial charge in [0.05, 0.1) is 12.6 Å². The van der Waals surface area contributed by atoms with Crippen LogP contribution in [0.4, 0.5) is 24.8 Å². The zero-order valence-corrected chi connectivity index (χ0v) is 18.2. The molecule has 0 saturated heterocycles. The number of alkyl halides is 3. The molecule has 2 aromatic rings. The van der Waals surface area contributed by atoms with E-state index in [1.807, 2.05) is 38.7 Å². The molecule has 0 bridgehead atoms. The van der Waals surface area contributed by atoms with Gasteiger partial charge in [0, 0.05) is 25.1 Å². The zero-order chi connectivity index (χ0) is 22.8. The van der Waals surface area contributed by atoms with Crippen LogP contribution >= 0.6 is 0 Å². The van der Waals surface area contributed by atoms with Gasteiger partial charge in [0.1, 0.15) is 23.2 Å². The maximum Gasteiger partial charge on any atom is 0.573 e. The molecule has 2 N–H and O–H groups in total. The van der Waals surface area contributed by atoms with Crippen molar-refractivity contribution >= 4 is 11.6 Å². The Bertz CT molecular complexity index is 903. The first kappa shape index (κ1) is 23.1. The first-order valence-electron chi connectivity index (χ1n) is 10.4. The molecule has 31 heavy (non-hydrogen) atoms. The minimum Gasteiger partial charge on any atom is -0.406 e. The van der Waals surface area contributed by atoms with E-state index in [9.17, 15) is 18.3 Å². The summed E-state index contributed by atoms with van der Waals surface area (Å²) in [6, 6.07) is 6.17. The normalized spacial score (nSPS) is 15.2. The van der Waals surface area contributed by atoms with E-state index in [-0.39, 0.29) is 30.2 Å². The SMILES string of the molecule is CC(C)c1nc(N[C@H](CO)C(C)C)cc(N2CCc3ccc(OC(F)(F)F)cc3C2)n1. The minimum atomic E-state index is -4.72. The lowest BCUT2D eigenvalue weighted by molar-refractivity contribution is -0.274. The highest BCUT2D eigenvalue weighted by atomic mass is 19.4.